The summed E-state index contributed by atoms with van der Waals surface area (Å²) >= 11 is 0. The fourth-order valence-corrected chi connectivity index (χ4v) is 1.31. The molecule has 0 aliphatic heterocycles. The lowest BCUT2D eigenvalue weighted by Gasteiger charge is -1.99. The van der Waals surface area contributed by atoms with Crippen LogP contribution in [0.4, 0.5) is 0 Å². The summed E-state index contributed by atoms with van der Waals surface area (Å²) in [6.07, 6.45) is 1.63. The van der Waals surface area contributed by atoms with Gasteiger partial charge in [-0.25, -0.2) is 4.68 Å². The van der Waals surface area contributed by atoms with Crippen molar-refractivity contribution in [2.24, 2.45) is 0 Å². The molecule has 2 rings (SSSR count). The minimum atomic E-state index is -0.903. The summed E-state index contributed by atoms with van der Waals surface area (Å²) in [6, 6.07) is 9.43. The maximum absolute atomic E-state index is 10.8. The van der Waals surface area contributed by atoms with Crippen molar-refractivity contribution in [1.29, 1.82) is 0 Å². The van der Waals surface area contributed by atoms with Crippen LogP contribution in [0.25, 0.3) is 5.69 Å². The number of aliphatic carboxylic acids is 1. The Morgan fingerprint density at radius 2 is 2.06 bits per heavy atom. The lowest BCUT2D eigenvalue weighted by atomic mass is 10.1. The number of carboxylic acids is 1. The van der Waals surface area contributed by atoms with Gasteiger partial charge in [-0.3, -0.25) is 4.79 Å². The summed E-state index contributed by atoms with van der Waals surface area (Å²) in [5, 5.41) is 16.6. The van der Waals surface area contributed by atoms with Gasteiger partial charge in [0, 0.05) is 0 Å². The van der Waals surface area contributed by atoms with Gasteiger partial charge in [0.2, 0.25) is 0 Å². The van der Waals surface area contributed by atoms with Gasteiger partial charge in [0.15, 0.2) is 0 Å². The molecule has 0 fully saturated rings. The molecule has 0 radical (unpaired) electrons. The Morgan fingerprint density at radius 1 is 1.38 bits per heavy atom. The molecule has 1 aromatic heterocycles. The molecular formula is C11H11N3O2. The minimum absolute atomic E-state index is 0.455. The predicted octanol–water partition coefficient (Wildman–Crippen LogP) is 1.46. The van der Waals surface area contributed by atoms with Gasteiger partial charge in [-0.1, -0.05) is 23.4 Å². The Kier molecular flexibility index (Phi) is 2.68. The van der Waals surface area contributed by atoms with Gasteiger partial charge in [-0.2, -0.15) is 0 Å². The average molecular weight is 217 g/mol. The monoisotopic (exact) mass is 217 g/mol. The van der Waals surface area contributed by atoms with E-state index in [1.54, 1.807) is 17.8 Å². The largest absolute Gasteiger partial charge is 0.481 e. The van der Waals surface area contributed by atoms with Crippen LogP contribution in [-0.4, -0.2) is 26.1 Å². The zero-order valence-electron chi connectivity index (χ0n) is 8.74. The Labute approximate surface area is 92.3 Å². The highest BCUT2D eigenvalue weighted by Crippen LogP contribution is 2.13. The van der Waals surface area contributed by atoms with Crippen molar-refractivity contribution in [2.75, 3.05) is 0 Å². The van der Waals surface area contributed by atoms with E-state index in [-0.39, 0.29) is 0 Å². The number of rotatable bonds is 3. The molecule has 0 amide bonds. The number of aromatic nitrogens is 3. The topological polar surface area (TPSA) is 68.0 Å². The number of hydrogen-bond acceptors (Lipinski definition) is 3. The zero-order chi connectivity index (χ0) is 11.5. The summed E-state index contributed by atoms with van der Waals surface area (Å²) in [5.41, 5.74) is 1.31. The second-order valence-electron chi connectivity index (χ2n) is 3.48. The summed E-state index contributed by atoms with van der Waals surface area (Å²) in [6.45, 7) is 1.58. The van der Waals surface area contributed by atoms with E-state index >= 15 is 0 Å². The van der Waals surface area contributed by atoms with E-state index in [1.807, 2.05) is 30.3 Å². The van der Waals surface area contributed by atoms with Crippen molar-refractivity contribution in [2.45, 2.75) is 12.8 Å². The maximum atomic E-state index is 10.8. The van der Waals surface area contributed by atoms with E-state index in [0.717, 1.165) is 5.69 Å². The number of carboxylic acid groups (broad SMARTS) is 1. The van der Waals surface area contributed by atoms with E-state index in [9.17, 15) is 4.79 Å². The van der Waals surface area contributed by atoms with Crippen molar-refractivity contribution < 1.29 is 9.90 Å². The summed E-state index contributed by atoms with van der Waals surface area (Å²) in [5.74, 6) is -1.54. The van der Waals surface area contributed by atoms with Gasteiger partial charge in [0.05, 0.1) is 23.5 Å². The molecule has 0 saturated heterocycles. The molecule has 1 atom stereocenters. The Morgan fingerprint density at radius 3 is 2.69 bits per heavy atom. The second-order valence-corrected chi connectivity index (χ2v) is 3.48. The molecule has 0 bridgehead atoms. The Bertz CT molecular complexity index is 493. The van der Waals surface area contributed by atoms with Gasteiger partial charge in [0.1, 0.15) is 0 Å². The molecule has 2 aromatic rings. The molecule has 1 aromatic carbocycles. The van der Waals surface area contributed by atoms with Crippen molar-refractivity contribution in [1.82, 2.24) is 15.0 Å². The highest BCUT2D eigenvalue weighted by molar-refractivity contribution is 5.74. The molecular weight excluding hydrogens is 206 g/mol. The molecule has 82 valence electrons. The standard InChI is InChI=1S/C11H11N3O2/c1-8(11(15)16)10-7-14(13-12-10)9-5-3-2-4-6-9/h2-8H,1H3,(H,15,16). The number of carbonyl (C=O) groups is 1. The number of para-hydroxylation sites is 1. The Balaban J connectivity index is 2.30. The first-order chi connectivity index (χ1) is 7.68. The third-order valence-electron chi connectivity index (χ3n) is 2.35. The average Bonchev–Trinajstić information content (AvgIpc) is 2.78. The van der Waals surface area contributed by atoms with Crippen LogP contribution in [0.2, 0.25) is 0 Å². The normalized spacial score (nSPS) is 12.3. The van der Waals surface area contributed by atoms with E-state index in [1.165, 1.54) is 0 Å². The summed E-state index contributed by atoms with van der Waals surface area (Å²) in [4.78, 5) is 10.8. The van der Waals surface area contributed by atoms with Gasteiger partial charge < -0.3 is 5.11 Å². The SMILES string of the molecule is CC(C(=O)O)c1cn(-c2ccccc2)nn1. The minimum Gasteiger partial charge on any atom is -0.481 e. The number of nitrogens with zero attached hydrogens (tertiary/aromatic N) is 3. The van der Waals surface area contributed by atoms with E-state index in [0.29, 0.717) is 5.69 Å². The van der Waals surface area contributed by atoms with Crippen LogP contribution in [0.15, 0.2) is 36.5 Å². The fourth-order valence-electron chi connectivity index (χ4n) is 1.31. The lowest BCUT2D eigenvalue weighted by molar-refractivity contribution is -0.138. The van der Waals surface area contributed by atoms with E-state index < -0.39 is 11.9 Å². The van der Waals surface area contributed by atoms with Crippen LogP contribution in [0, 0.1) is 0 Å². The van der Waals surface area contributed by atoms with Crippen LogP contribution in [0.1, 0.15) is 18.5 Å². The number of hydrogen-bond donors (Lipinski definition) is 1. The molecule has 1 heterocycles. The zero-order valence-corrected chi connectivity index (χ0v) is 8.74. The molecule has 0 spiro atoms. The van der Waals surface area contributed by atoms with Crippen LogP contribution in [0.5, 0.6) is 0 Å². The van der Waals surface area contributed by atoms with Gasteiger partial charge in [-0.05, 0) is 19.1 Å². The van der Waals surface area contributed by atoms with Crippen LogP contribution < -0.4 is 0 Å². The lowest BCUT2D eigenvalue weighted by Crippen LogP contribution is -2.07. The maximum Gasteiger partial charge on any atom is 0.312 e. The van der Waals surface area contributed by atoms with Crippen molar-refractivity contribution in [3.8, 4) is 5.69 Å². The van der Waals surface area contributed by atoms with Crippen LogP contribution in [0.3, 0.4) is 0 Å². The molecule has 1 unspecified atom stereocenters. The highest BCUT2D eigenvalue weighted by Gasteiger charge is 2.17. The van der Waals surface area contributed by atoms with Crippen LogP contribution in [-0.2, 0) is 4.79 Å². The molecule has 1 N–H and O–H groups in total. The van der Waals surface area contributed by atoms with E-state index in [4.69, 9.17) is 5.11 Å². The first-order valence-corrected chi connectivity index (χ1v) is 4.89. The third-order valence-corrected chi connectivity index (χ3v) is 2.35. The van der Waals surface area contributed by atoms with Gasteiger partial charge in [-0.15, -0.1) is 5.10 Å². The second kappa shape index (κ2) is 4.14. The van der Waals surface area contributed by atoms with E-state index in [2.05, 4.69) is 10.3 Å². The van der Waals surface area contributed by atoms with Crippen LogP contribution >= 0.6 is 0 Å². The number of benzene rings is 1. The first kappa shape index (κ1) is 10.4. The molecule has 0 aliphatic rings. The third kappa shape index (κ3) is 1.93. The first-order valence-electron chi connectivity index (χ1n) is 4.89. The summed E-state index contributed by atoms with van der Waals surface area (Å²) in [7, 11) is 0. The van der Waals surface area contributed by atoms with Crippen molar-refractivity contribution in [3.63, 3.8) is 0 Å². The molecule has 0 aliphatic carbocycles. The van der Waals surface area contributed by atoms with Crippen molar-refractivity contribution in [3.05, 3.63) is 42.2 Å². The van der Waals surface area contributed by atoms with Gasteiger partial charge in [0.25, 0.3) is 0 Å². The van der Waals surface area contributed by atoms with Crippen molar-refractivity contribution >= 4 is 5.97 Å². The smallest absolute Gasteiger partial charge is 0.312 e. The molecule has 5 heteroatoms. The van der Waals surface area contributed by atoms with Gasteiger partial charge >= 0.3 is 5.97 Å². The highest BCUT2D eigenvalue weighted by atomic mass is 16.4. The fraction of sp³-hybridized carbons (Fsp3) is 0.182. The Hall–Kier alpha value is -2.17. The molecule has 0 saturated carbocycles. The molecule has 16 heavy (non-hydrogen) atoms. The predicted molar refractivity (Wildman–Crippen MR) is 57.4 cm³/mol. The summed E-state index contributed by atoms with van der Waals surface area (Å²) < 4.78 is 1.56. The molecule has 5 nitrogen and oxygen atoms in total. The quantitative estimate of drug-likeness (QED) is 0.845.